The fourth-order valence-corrected chi connectivity index (χ4v) is 4.64. The van der Waals surface area contributed by atoms with E-state index in [1.54, 1.807) is 0 Å². The van der Waals surface area contributed by atoms with Crippen LogP contribution in [0, 0.1) is 0 Å². The van der Waals surface area contributed by atoms with Crippen molar-refractivity contribution in [3.63, 3.8) is 0 Å². The van der Waals surface area contributed by atoms with Crippen LogP contribution in [0.4, 0.5) is 0 Å². The van der Waals surface area contributed by atoms with E-state index in [0.29, 0.717) is 19.6 Å². The van der Waals surface area contributed by atoms with Crippen molar-refractivity contribution in [1.82, 2.24) is 14.0 Å². The number of aromatic amines is 1. The summed E-state index contributed by atoms with van der Waals surface area (Å²) in [6.07, 6.45) is 2.78. The third-order valence-corrected chi connectivity index (χ3v) is 5.94. The molecule has 0 saturated carbocycles. The van der Waals surface area contributed by atoms with E-state index in [4.69, 9.17) is 5.73 Å². The number of nitrogens with two attached hydrogens (primary N) is 1. The number of aromatic nitrogens is 1. The second kappa shape index (κ2) is 5.34. The summed E-state index contributed by atoms with van der Waals surface area (Å²) < 4.78 is 28.4. The van der Waals surface area contributed by atoms with Gasteiger partial charge in [-0.2, -0.15) is 12.7 Å². The minimum atomic E-state index is -3.40. The molecule has 0 amide bonds. The average molecular weight is 322 g/mol. The lowest BCUT2D eigenvalue weighted by atomic mass is 10.0. The predicted octanol–water partition coefficient (Wildman–Crippen LogP) is 1.10. The zero-order valence-corrected chi connectivity index (χ0v) is 13.7. The first-order valence-corrected chi connectivity index (χ1v) is 8.84. The molecule has 0 bridgehead atoms. The van der Waals surface area contributed by atoms with Gasteiger partial charge in [0, 0.05) is 35.7 Å². The van der Waals surface area contributed by atoms with Gasteiger partial charge in [-0.15, -0.1) is 0 Å². The summed E-state index contributed by atoms with van der Waals surface area (Å²) >= 11 is 0. The molecular weight excluding hydrogens is 300 g/mol. The lowest BCUT2D eigenvalue weighted by Gasteiger charge is -2.28. The zero-order valence-electron chi connectivity index (χ0n) is 12.9. The number of hydrogen-bond donors (Lipinski definition) is 3. The van der Waals surface area contributed by atoms with E-state index in [1.165, 1.54) is 9.87 Å². The van der Waals surface area contributed by atoms with Crippen LogP contribution in [-0.2, 0) is 23.2 Å². The van der Waals surface area contributed by atoms with E-state index in [1.807, 2.05) is 32.2 Å². The van der Waals surface area contributed by atoms with Crippen molar-refractivity contribution in [2.24, 2.45) is 5.73 Å². The normalized spacial score (nSPS) is 20.7. The molecule has 0 atom stereocenters. The molecule has 1 saturated heterocycles. The van der Waals surface area contributed by atoms with Crippen molar-refractivity contribution < 1.29 is 8.42 Å². The van der Waals surface area contributed by atoms with Gasteiger partial charge in [0.1, 0.15) is 0 Å². The topological polar surface area (TPSA) is 91.2 Å². The average Bonchev–Trinajstić information content (AvgIpc) is 2.94. The molecule has 0 aliphatic carbocycles. The first kappa shape index (κ1) is 15.5. The van der Waals surface area contributed by atoms with Crippen molar-refractivity contribution in [3.8, 4) is 0 Å². The highest BCUT2D eigenvalue weighted by Crippen LogP contribution is 2.28. The number of nitrogens with zero attached hydrogens (tertiary/aromatic N) is 1. The van der Waals surface area contributed by atoms with Crippen molar-refractivity contribution in [1.29, 1.82) is 0 Å². The third-order valence-electron chi connectivity index (χ3n) is 4.22. The summed E-state index contributed by atoms with van der Waals surface area (Å²) in [7, 11) is -3.40. The van der Waals surface area contributed by atoms with Crippen LogP contribution in [0.1, 0.15) is 25.0 Å². The van der Waals surface area contributed by atoms with Crippen LogP contribution >= 0.6 is 0 Å². The zero-order chi connectivity index (χ0) is 16.0. The molecule has 0 unspecified atom stereocenters. The molecule has 1 aliphatic heterocycles. The summed E-state index contributed by atoms with van der Waals surface area (Å²) in [6, 6.07) is 6.02. The predicted molar refractivity (Wildman–Crippen MR) is 87.6 cm³/mol. The van der Waals surface area contributed by atoms with E-state index in [9.17, 15) is 8.42 Å². The SMILES string of the molecule is CC1(C)CNS(=O)(=O)N1Cc1ccc2[nH]cc(CCN)c2c1. The Morgan fingerprint density at radius 3 is 2.77 bits per heavy atom. The number of benzene rings is 1. The highest BCUT2D eigenvalue weighted by atomic mass is 32.2. The molecule has 1 aromatic carbocycles. The van der Waals surface area contributed by atoms with Crippen LogP contribution in [0.3, 0.4) is 0 Å². The second-order valence-corrected chi connectivity index (χ2v) is 8.06. The number of H-pyrrole nitrogens is 1. The lowest BCUT2D eigenvalue weighted by molar-refractivity contribution is 0.255. The molecule has 22 heavy (non-hydrogen) atoms. The summed E-state index contributed by atoms with van der Waals surface area (Å²) in [5.74, 6) is 0. The Bertz CT molecular complexity index is 795. The molecule has 6 nitrogen and oxygen atoms in total. The second-order valence-electron chi connectivity index (χ2n) is 6.38. The highest BCUT2D eigenvalue weighted by Gasteiger charge is 2.42. The molecular formula is C15H22N4O2S. The maximum Gasteiger partial charge on any atom is 0.280 e. The first-order valence-electron chi connectivity index (χ1n) is 7.40. The Balaban J connectivity index is 1.95. The maximum atomic E-state index is 12.2. The largest absolute Gasteiger partial charge is 0.361 e. The van der Waals surface area contributed by atoms with Gasteiger partial charge in [0.15, 0.2) is 0 Å². The minimum absolute atomic E-state index is 0.367. The van der Waals surface area contributed by atoms with Crippen LogP contribution in [0.2, 0.25) is 0 Å². The molecule has 1 aromatic heterocycles. The van der Waals surface area contributed by atoms with Crippen LogP contribution in [-0.4, -0.2) is 36.3 Å². The van der Waals surface area contributed by atoms with Gasteiger partial charge in [0.05, 0.1) is 0 Å². The molecule has 7 heteroatoms. The standard InChI is InChI=1S/C15H22N4O2S/c1-15(2)10-18-22(20,21)19(15)9-11-3-4-14-13(7-11)12(5-6-16)8-17-14/h3-4,7-8,17-18H,5-6,9-10,16H2,1-2H3. The third kappa shape index (κ3) is 2.65. The molecule has 0 spiro atoms. The van der Waals surface area contributed by atoms with Crippen LogP contribution in [0.5, 0.6) is 0 Å². The van der Waals surface area contributed by atoms with E-state index < -0.39 is 15.7 Å². The smallest absolute Gasteiger partial charge is 0.280 e. The number of hydrogen-bond acceptors (Lipinski definition) is 3. The van der Waals surface area contributed by atoms with Crippen molar-refractivity contribution in [2.75, 3.05) is 13.1 Å². The fourth-order valence-electron chi connectivity index (χ4n) is 2.91. The molecule has 1 aliphatic rings. The van der Waals surface area contributed by atoms with Gasteiger partial charge in [-0.1, -0.05) is 6.07 Å². The van der Waals surface area contributed by atoms with Gasteiger partial charge in [-0.05, 0) is 50.1 Å². The van der Waals surface area contributed by atoms with Gasteiger partial charge in [-0.25, -0.2) is 4.72 Å². The lowest BCUT2D eigenvalue weighted by Crippen LogP contribution is -2.41. The summed E-state index contributed by atoms with van der Waals surface area (Å²) in [4.78, 5) is 3.23. The molecule has 0 radical (unpaired) electrons. The molecule has 4 N–H and O–H groups in total. The maximum absolute atomic E-state index is 12.2. The van der Waals surface area contributed by atoms with E-state index in [2.05, 4.69) is 15.8 Å². The van der Waals surface area contributed by atoms with E-state index >= 15 is 0 Å². The highest BCUT2D eigenvalue weighted by molar-refractivity contribution is 7.87. The number of fused-ring (bicyclic) bond motifs is 1. The molecule has 120 valence electrons. The Kier molecular flexibility index (Phi) is 3.76. The first-order chi connectivity index (χ1) is 10.3. The summed E-state index contributed by atoms with van der Waals surface area (Å²) in [5.41, 5.74) is 8.41. The van der Waals surface area contributed by atoms with Gasteiger partial charge in [0.2, 0.25) is 0 Å². The summed E-state index contributed by atoms with van der Waals surface area (Å²) in [5, 5.41) is 1.12. The fraction of sp³-hybridized carbons (Fsp3) is 0.467. The Morgan fingerprint density at radius 2 is 2.14 bits per heavy atom. The van der Waals surface area contributed by atoms with Gasteiger partial charge in [0.25, 0.3) is 10.2 Å². The Morgan fingerprint density at radius 1 is 1.36 bits per heavy atom. The van der Waals surface area contributed by atoms with Crippen LogP contribution < -0.4 is 10.5 Å². The van der Waals surface area contributed by atoms with E-state index in [0.717, 1.165) is 22.9 Å². The molecule has 2 heterocycles. The Hall–Kier alpha value is -1.41. The molecule has 2 aromatic rings. The Labute approximate surface area is 130 Å². The van der Waals surface area contributed by atoms with Crippen LogP contribution in [0.25, 0.3) is 10.9 Å². The minimum Gasteiger partial charge on any atom is -0.361 e. The van der Waals surface area contributed by atoms with Gasteiger partial charge in [-0.3, -0.25) is 0 Å². The molecule has 3 rings (SSSR count). The monoisotopic (exact) mass is 322 g/mol. The van der Waals surface area contributed by atoms with Crippen molar-refractivity contribution >= 4 is 21.1 Å². The number of nitrogens with one attached hydrogen (secondary N) is 2. The van der Waals surface area contributed by atoms with Gasteiger partial charge < -0.3 is 10.7 Å². The molecule has 1 fully saturated rings. The van der Waals surface area contributed by atoms with E-state index in [-0.39, 0.29) is 0 Å². The summed E-state index contributed by atoms with van der Waals surface area (Å²) in [6.45, 7) is 5.25. The van der Waals surface area contributed by atoms with Gasteiger partial charge >= 0.3 is 0 Å². The van der Waals surface area contributed by atoms with Crippen molar-refractivity contribution in [3.05, 3.63) is 35.5 Å². The number of rotatable bonds is 4. The van der Waals surface area contributed by atoms with Crippen molar-refractivity contribution in [2.45, 2.75) is 32.4 Å². The van der Waals surface area contributed by atoms with Crippen LogP contribution in [0.15, 0.2) is 24.4 Å². The quantitative estimate of drug-likeness (QED) is 0.787.